The molecule has 38 heavy (non-hydrogen) atoms. The number of aromatic nitrogens is 2. The van der Waals surface area contributed by atoms with Gasteiger partial charge in [-0.25, -0.2) is 4.98 Å². The van der Waals surface area contributed by atoms with Crippen LogP contribution in [-0.4, -0.2) is 64.5 Å². The Bertz CT molecular complexity index is 1470. The number of nitrogens with zero attached hydrogens (tertiary/aromatic N) is 5. The molecule has 1 atom stereocenters. The number of nitro groups is 1. The van der Waals surface area contributed by atoms with Crippen molar-refractivity contribution < 1.29 is 19.2 Å². The number of morpholine rings is 1. The van der Waals surface area contributed by atoms with Gasteiger partial charge in [0.15, 0.2) is 6.61 Å². The van der Waals surface area contributed by atoms with Gasteiger partial charge in [-0.05, 0) is 30.7 Å². The first-order valence-corrected chi connectivity index (χ1v) is 13.1. The Labute approximate surface area is 231 Å². The predicted molar refractivity (Wildman–Crippen MR) is 146 cm³/mol. The third kappa shape index (κ3) is 6.03. The van der Waals surface area contributed by atoms with Gasteiger partial charge in [0.1, 0.15) is 5.82 Å². The van der Waals surface area contributed by atoms with Crippen molar-refractivity contribution in [2.75, 3.05) is 32.9 Å². The maximum Gasteiger partial charge on any atom is 0.313 e. The van der Waals surface area contributed by atoms with E-state index in [0.29, 0.717) is 43.0 Å². The lowest BCUT2D eigenvalue weighted by Crippen LogP contribution is -2.43. The molecule has 3 aromatic rings. The highest BCUT2D eigenvalue weighted by Crippen LogP contribution is 2.36. The molecule has 1 amide bonds. The van der Waals surface area contributed by atoms with E-state index in [4.69, 9.17) is 21.1 Å². The molecule has 0 N–H and O–H groups in total. The summed E-state index contributed by atoms with van der Waals surface area (Å²) in [6, 6.07) is 7.88. The highest BCUT2D eigenvalue weighted by atomic mass is 79.9. The lowest BCUT2D eigenvalue weighted by Gasteiger charge is -2.26. The molecular weight excluding hydrogens is 582 g/mol. The second kappa shape index (κ2) is 12.0. The molecule has 200 valence electrons. The summed E-state index contributed by atoms with van der Waals surface area (Å²) in [5.41, 5.74) is 0.0190. The molecule has 0 saturated carbocycles. The highest BCUT2D eigenvalue weighted by Gasteiger charge is 2.24. The minimum atomic E-state index is -0.649. The fourth-order valence-electron chi connectivity index (χ4n) is 3.89. The largest absolute Gasteiger partial charge is 0.476 e. The molecule has 1 fully saturated rings. The average molecular weight is 607 g/mol. The Balaban J connectivity index is 1.67. The Hall–Kier alpha value is -3.35. The van der Waals surface area contributed by atoms with Crippen molar-refractivity contribution in [1.29, 1.82) is 0 Å². The standard InChI is InChI=1S/C25H25BrClN5O6/c1-3-15(2)24-29-20-5-4-17(26)12-18(20)25(34)31(24)28-13-16-10-19(27)23(21(11-16)32(35)36)38-14-22(33)30-6-8-37-9-7-30/h4-5,10-13,15H,3,6-9,14H2,1-2H3/t15-/m0/s1. The molecule has 1 aliphatic rings. The molecule has 0 aliphatic carbocycles. The van der Waals surface area contributed by atoms with Crippen LogP contribution in [0.15, 0.2) is 44.7 Å². The Kier molecular flexibility index (Phi) is 8.75. The smallest absolute Gasteiger partial charge is 0.313 e. The van der Waals surface area contributed by atoms with E-state index in [0.717, 1.165) is 10.9 Å². The van der Waals surface area contributed by atoms with Crippen molar-refractivity contribution in [1.82, 2.24) is 14.6 Å². The van der Waals surface area contributed by atoms with E-state index in [1.807, 2.05) is 19.9 Å². The van der Waals surface area contributed by atoms with Crippen LogP contribution in [-0.2, 0) is 9.53 Å². The van der Waals surface area contributed by atoms with Gasteiger partial charge in [-0.3, -0.25) is 19.7 Å². The Morgan fingerprint density at radius 2 is 2.08 bits per heavy atom. The van der Waals surface area contributed by atoms with E-state index in [1.54, 1.807) is 17.0 Å². The van der Waals surface area contributed by atoms with Crippen molar-refractivity contribution in [3.8, 4) is 5.75 Å². The van der Waals surface area contributed by atoms with Gasteiger partial charge >= 0.3 is 5.69 Å². The van der Waals surface area contributed by atoms with Crippen LogP contribution in [0, 0.1) is 10.1 Å². The molecule has 1 aromatic heterocycles. The number of hydrogen-bond acceptors (Lipinski definition) is 8. The number of hydrogen-bond donors (Lipinski definition) is 0. The maximum absolute atomic E-state index is 13.3. The zero-order valence-electron chi connectivity index (χ0n) is 20.7. The van der Waals surface area contributed by atoms with Gasteiger partial charge in [0.25, 0.3) is 11.5 Å². The summed E-state index contributed by atoms with van der Waals surface area (Å²) in [4.78, 5) is 43.1. The lowest BCUT2D eigenvalue weighted by atomic mass is 10.1. The summed E-state index contributed by atoms with van der Waals surface area (Å²) < 4.78 is 12.6. The molecule has 2 aromatic carbocycles. The van der Waals surface area contributed by atoms with Crippen LogP contribution >= 0.6 is 27.5 Å². The molecule has 0 unspecified atom stereocenters. The normalized spacial score (nSPS) is 14.7. The Morgan fingerprint density at radius 3 is 2.76 bits per heavy atom. The van der Waals surface area contributed by atoms with Crippen molar-refractivity contribution >= 4 is 56.2 Å². The highest BCUT2D eigenvalue weighted by molar-refractivity contribution is 9.10. The van der Waals surface area contributed by atoms with Gasteiger partial charge < -0.3 is 14.4 Å². The van der Waals surface area contributed by atoms with Crippen molar-refractivity contribution in [2.45, 2.75) is 26.2 Å². The number of halogens is 2. The topological polar surface area (TPSA) is 129 Å². The molecule has 0 bridgehead atoms. The number of rotatable bonds is 8. The molecule has 11 nitrogen and oxygen atoms in total. The zero-order valence-corrected chi connectivity index (χ0v) is 23.1. The van der Waals surface area contributed by atoms with Gasteiger partial charge in [0, 0.05) is 35.1 Å². The van der Waals surface area contributed by atoms with Crippen LogP contribution in [0.2, 0.25) is 5.02 Å². The van der Waals surface area contributed by atoms with Crippen LogP contribution in [0.1, 0.15) is 37.6 Å². The van der Waals surface area contributed by atoms with Crippen LogP contribution in [0.4, 0.5) is 5.69 Å². The summed E-state index contributed by atoms with van der Waals surface area (Å²) >= 11 is 9.71. The predicted octanol–water partition coefficient (Wildman–Crippen LogP) is 4.35. The molecular formula is C25H25BrClN5O6. The van der Waals surface area contributed by atoms with Crippen LogP contribution in [0.3, 0.4) is 0 Å². The second-order valence-corrected chi connectivity index (χ2v) is 10.0. The van der Waals surface area contributed by atoms with E-state index in [2.05, 4.69) is 26.0 Å². The number of fused-ring (bicyclic) bond motifs is 1. The zero-order chi connectivity index (χ0) is 27.4. The minimum Gasteiger partial charge on any atom is -0.476 e. The van der Waals surface area contributed by atoms with Crippen molar-refractivity contribution in [2.24, 2.45) is 5.10 Å². The number of ether oxygens (including phenoxy) is 2. The van der Waals surface area contributed by atoms with E-state index >= 15 is 0 Å². The van der Waals surface area contributed by atoms with Gasteiger partial charge in [0.05, 0.1) is 40.3 Å². The SMILES string of the molecule is CC[C@H](C)c1nc2ccc(Br)cc2c(=O)n1N=Cc1cc(Cl)c(OCC(=O)N2CCOCC2)c([N+](=O)[O-])c1. The summed E-state index contributed by atoms with van der Waals surface area (Å²) in [7, 11) is 0. The number of nitro benzene ring substituents is 1. The molecule has 4 rings (SSSR count). The molecule has 1 aliphatic heterocycles. The van der Waals surface area contributed by atoms with E-state index in [-0.39, 0.29) is 33.7 Å². The maximum atomic E-state index is 13.3. The number of carbonyl (C=O) groups excluding carboxylic acids is 1. The minimum absolute atomic E-state index is 0.0644. The number of amides is 1. The molecule has 0 spiro atoms. The molecule has 0 radical (unpaired) electrons. The van der Waals surface area contributed by atoms with Crippen LogP contribution in [0.5, 0.6) is 5.75 Å². The summed E-state index contributed by atoms with van der Waals surface area (Å²) in [6.07, 6.45) is 2.02. The number of benzene rings is 2. The number of carbonyl (C=O) groups is 1. The average Bonchev–Trinajstić information content (AvgIpc) is 2.91. The molecule has 2 heterocycles. The van der Waals surface area contributed by atoms with Gasteiger partial charge in [-0.15, -0.1) is 0 Å². The summed E-state index contributed by atoms with van der Waals surface area (Å²) in [5, 5.41) is 16.5. The first-order chi connectivity index (χ1) is 18.2. The Morgan fingerprint density at radius 1 is 1.34 bits per heavy atom. The first-order valence-electron chi connectivity index (χ1n) is 11.9. The van der Waals surface area contributed by atoms with Gasteiger partial charge in [0.2, 0.25) is 5.75 Å². The fraction of sp³-hybridized carbons (Fsp3) is 0.360. The summed E-state index contributed by atoms with van der Waals surface area (Å²) in [5.74, 6) is -0.154. The van der Waals surface area contributed by atoms with E-state index in [9.17, 15) is 19.7 Å². The van der Waals surface area contributed by atoms with Crippen molar-refractivity contribution in [3.63, 3.8) is 0 Å². The van der Waals surface area contributed by atoms with E-state index in [1.165, 1.54) is 23.0 Å². The van der Waals surface area contributed by atoms with Gasteiger partial charge in [-0.2, -0.15) is 9.78 Å². The third-order valence-electron chi connectivity index (χ3n) is 6.16. The second-order valence-electron chi connectivity index (χ2n) is 8.69. The lowest BCUT2D eigenvalue weighted by molar-refractivity contribution is -0.385. The monoisotopic (exact) mass is 605 g/mol. The third-order valence-corrected chi connectivity index (χ3v) is 6.93. The molecule has 13 heteroatoms. The first kappa shape index (κ1) is 27.7. The summed E-state index contributed by atoms with van der Waals surface area (Å²) in [6.45, 7) is 5.20. The van der Waals surface area contributed by atoms with Gasteiger partial charge in [-0.1, -0.05) is 41.4 Å². The van der Waals surface area contributed by atoms with Crippen LogP contribution in [0.25, 0.3) is 10.9 Å². The van der Waals surface area contributed by atoms with E-state index < -0.39 is 17.2 Å². The quantitative estimate of drug-likeness (QED) is 0.212. The fourth-order valence-corrected chi connectivity index (χ4v) is 4.53. The molecule has 1 saturated heterocycles. The van der Waals surface area contributed by atoms with Crippen LogP contribution < -0.4 is 10.3 Å². The van der Waals surface area contributed by atoms with Crippen molar-refractivity contribution in [3.05, 3.63) is 71.7 Å².